The molecule has 1 fully saturated rings. The zero-order valence-electron chi connectivity index (χ0n) is 15.2. The molecule has 1 amide bonds. The van der Waals surface area contributed by atoms with E-state index in [9.17, 15) is 4.79 Å². The Kier molecular flexibility index (Phi) is 4.86. The lowest BCUT2D eigenvalue weighted by molar-refractivity contribution is 0.0921. The highest BCUT2D eigenvalue weighted by Crippen LogP contribution is 2.28. The van der Waals surface area contributed by atoms with Gasteiger partial charge in [-0.1, -0.05) is 12.1 Å². The minimum absolute atomic E-state index is 0.0969. The summed E-state index contributed by atoms with van der Waals surface area (Å²) in [4.78, 5) is 16.6. The van der Waals surface area contributed by atoms with Crippen molar-refractivity contribution in [3.05, 3.63) is 54.9 Å². The van der Waals surface area contributed by atoms with Gasteiger partial charge in [0.25, 0.3) is 5.91 Å². The van der Waals surface area contributed by atoms with Crippen molar-refractivity contribution in [2.24, 2.45) is 0 Å². The van der Waals surface area contributed by atoms with Crippen LogP contribution < -0.4 is 10.1 Å². The Bertz CT molecular complexity index is 897. The fraction of sp³-hybridized carbons (Fsp3) is 0.368. The number of methoxy groups -OCH3 is 1. The van der Waals surface area contributed by atoms with Crippen LogP contribution in [0.5, 0.6) is 5.75 Å². The molecule has 0 saturated heterocycles. The highest BCUT2D eigenvalue weighted by atomic mass is 16.5. The van der Waals surface area contributed by atoms with Crippen molar-refractivity contribution in [1.29, 1.82) is 0 Å². The van der Waals surface area contributed by atoms with Gasteiger partial charge in [0.1, 0.15) is 24.1 Å². The van der Waals surface area contributed by atoms with E-state index in [1.807, 2.05) is 28.9 Å². The smallest absolute Gasteiger partial charge is 0.254 e. The van der Waals surface area contributed by atoms with Crippen LogP contribution in [-0.4, -0.2) is 43.6 Å². The first-order valence-corrected chi connectivity index (χ1v) is 9.07. The third-order valence-corrected chi connectivity index (χ3v) is 5.02. The Morgan fingerprint density at radius 1 is 1.19 bits per heavy atom. The molecule has 27 heavy (non-hydrogen) atoms. The molecule has 140 valence electrons. The number of para-hydroxylation sites is 2. The Balaban J connectivity index is 1.38. The molecule has 0 bridgehead atoms. The Hall–Kier alpha value is -3.16. The summed E-state index contributed by atoms with van der Waals surface area (Å²) < 4.78 is 8.93. The van der Waals surface area contributed by atoms with Crippen molar-refractivity contribution in [3.8, 4) is 11.4 Å². The number of benzene rings is 1. The van der Waals surface area contributed by atoms with Gasteiger partial charge in [0.05, 0.1) is 24.9 Å². The van der Waals surface area contributed by atoms with Crippen LogP contribution in [0.2, 0.25) is 0 Å². The number of nitrogens with zero attached hydrogens (tertiary/aromatic N) is 5. The standard InChI is InChI=1S/C19H22N6O2/c1-27-18-5-3-2-4-17(18)24-11-14(10-21-24)19(26)23-15-6-8-16(9-7-15)25-13-20-12-22-25/h2-5,10-13,15-16H,6-9H2,1H3,(H,23,26). The molecule has 0 spiro atoms. The van der Waals surface area contributed by atoms with Gasteiger partial charge in [0.15, 0.2) is 0 Å². The second kappa shape index (κ2) is 7.61. The van der Waals surface area contributed by atoms with Gasteiger partial charge in [0, 0.05) is 12.2 Å². The summed E-state index contributed by atoms with van der Waals surface area (Å²) >= 11 is 0. The van der Waals surface area contributed by atoms with Crippen LogP contribution in [-0.2, 0) is 0 Å². The molecular weight excluding hydrogens is 344 g/mol. The van der Waals surface area contributed by atoms with Crippen LogP contribution in [0.3, 0.4) is 0 Å². The minimum atomic E-state index is -0.0969. The second-order valence-corrected chi connectivity index (χ2v) is 6.70. The first-order valence-electron chi connectivity index (χ1n) is 9.07. The van der Waals surface area contributed by atoms with Gasteiger partial charge in [-0.25, -0.2) is 14.3 Å². The monoisotopic (exact) mass is 366 g/mol. The maximum Gasteiger partial charge on any atom is 0.254 e. The molecule has 0 unspecified atom stereocenters. The molecule has 1 aliphatic carbocycles. The highest BCUT2D eigenvalue weighted by Gasteiger charge is 2.24. The first kappa shape index (κ1) is 17.3. The predicted octanol–water partition coefficient (Wildman–Crippen LogP) is 2.39. The van der Waals surface area contributed by atoms with E-state index in [1.165, 1.54) is 0 Å². The average Bonchev–Trinajstić information content (AvgIpc) is 3.41. The third-order valence-electron chi connectivity index (χ3n) is 5.02. The maximum absolute atomic E-state index is 12.6. The van der Waals surface area contributed by atoms with Gasteiger partial charge in [0.2, 0.25) is 0 Å². The van der Waals surface area contributed by atoms with E-state index >= 15 is 0 Å². The fourth-order valence-corrected chi connectivity index (χ4v) is 3.55. The molecule has 1 aliphatic rings. The van der Waals surface area contributed by atoms with Gasteiger partial charge < -0.3 is 10.1 Å². The molecule has 2 aromatic heterocycles. The molecule has 4 rings (SSSR count). The second-order valence-electron chi connectivity index (χ2n) is 6.70. The SMILES string of the molecule is COc1ccccc1-n1cc(C(=O)NC2CCC(n3cncn3)CC2)cn1. The van der Waals surface area contributed by atoms with Crippen molar-refractivity contribution < 1.29 is 9.53 Å². The lowest BCUT2D eigenvalue weighted by Crippen LogP contribution is -2.37. The molecule has 0 aliphatic heterocycles. The molecule has 8 heteroatoms. The summed E-state index contributed by atoms with van der Waals surface area (Å²) in [6, 6.07) is 8.12. The molecule has 1 aromatic carbocycles. The molecule has 1 saturated carbocycles. The number of carbonyl (C=O) groups is 1. The van der Waals surface area contributed by atoms with Gasteiger partial charge in [-0.3, -0.25) is 4.79 Å². The lowest BCUT2D eigenvalue weighted by atomic mass is 9.91. The number of carbonyl (C=O) groups excluding carboxylic acids is 1. The molecule has 0 atom stereocenters. The third kappa shape index (κ3) is 3.69. The fourth-order valence-electron chi connectivity index (χ4n) is 3.55. The number of nitrogens with one attached hydrogen (secondary N) is 1. The van der Waals surface area contributed by atoms with E-state index in [1.54, 1.807) is 36.8 Å². The van der Waals surface area contributed by atoms with Crippen LogP contribution in [0.4, 0.5) is 0 Å². The topological polar surface area (TPSA) is 86.9 Å². The summed E-state index contributed by atoms with van der Waals surface area (Å²) in [5.41, 5.74) is 1.34. The van der Waals surface area contributed by atoms with Crippen molar-refractivity contribution >= 4 is 5.91 Å². The molecule has 3 aromatic rings. The van der Waals surface area contributed by atoms with Crippen LogP contribution >= 0.6 is 0 Å². The number of rotatable bonds is 5. The molecule has 8 nitrogen and oxygen atoms in total. The van der Waals surface area contributed by atoms with E-state index in [0.29, 0.717) is 17.4 Å². The van der Waals surface area contributed by atoms with E-state index < -0.39 is 0 Å². The van der Waals surface area contributed by atoms with E-state index in [-0.39, 0.29) is 11.9 Å². The van der Waals surface area contributed by atoms with Gasteiger partial charge in [-0.2, -0.15) is 10.2 Å². The summed E-state index contributed by atoms with van der Waals surface area (Å²) in [5.74, 6) is 0.611. The van der Waals surface area contributed by atoms with Gasteiger partial charge in [-0.15, -0.1) is 0 Å². The van der Waals surface area contributed by atoms with Crippen LogP contribution in [0.25, 0.3) is 5.69 Å². The first-order chi connectivity index (χ1) is 13.2. The Morgan fingerprint density at radius 3 is 2.74 bits per heavy atom. The Labute approximate surface area is 157 Å². The minimum Gasteiger partial charge on any atom is -0.494 e. The number of amides is 1. The summed E-state index contributed by atoms with van der Waals surface area (Å²) in [5, 5.41) is 11.7. The van der Waals surface area contributed by atoms with Gasteiger partial charge >= 0.3 is 0 Å². The van der Waals surface area contributed by atoms with Crippen LogP contribution in [0.1, 0.15) is 42.1 Å². The van der Waals surface area contributed by atoms with Crippen molar-refractivity contribution in [1.82, 2.24) is 29.9 Å². The van der Waals surface area contributed by atoms with Crippen molar-refractivity contribution in [2.75, 3.05) is 7.11 Å². The maximum atomic E-state index is 12.6. The molecule has 0 radical (unpaired) electrons. The lowest BCUT2D eigenvalue weighted by Gasteiger charge is -2.28. The van der Waals surface area contributed by atoms with E-state index in [2.05, 4.69) is 20.5 Å². The zero-order chi connectivity index (χ0) is 18.6. The summed E-state index contributed by atoms with van der Waals surface area (Å²) in [7, 11) is 1.62. The van der Waals surface area contributed by atoms with Crippen molar-refractivity contribution in [3.63, 3.8) is 0 Å². The summed E-state index contributed by atoms with van der Waals surface area (Å²) in [6.45, 7) is 0. The highest BCUT2D eigenvalue weighted by molar-refractivity contribution is 5.94. The predicted molar refractivity (Wildman–Crippen MR) is 98.9 cm³/mol. The number of hydrogen-bond donors (Lipinski definition) is 1. The normalized spacial score (nSPS) is 19.6. The number of hydrogen-bond acceptors (Lipinski definition) is 5. The largest absolute Gasteiger partial charge is 0.494 e. The van der Waals surface area contributed by atoms with Crippen LogP contribution in [0, 0.1) is 0 Å². The molecular formula is C19H22N6O2. The number of aromatic nitrogens is 5. The van der Waals surface area contributed by atoms with Crippen LogP contribution in [0.15, 0.2) is 49.3 Å². The van der Waals surface area contributed by atoms with E-state index in [4.69, 9.17) is 4.74 Å². The number of ether oxygens (including phenoxy) is 1. The summed E-state index contributed by atoms with van der Waals surface area (Å²) in [6.07, 6.45) is 10.5. The Morgan fingerprint density at radius 2 is 2.00 bits per heavy atom. The van der Waals surface area contributed by atoms with E-state index in [0.717, 1.165) is 31.4 Å². The van der Waals surface area contributed by atoms with Crippen molar-refractivity contribution in [2.45, 2.75) is 37.8 Å². The molecule has 2 heterocycles. The average molecular weight is 366 g/mol. The zero-order valence-corrected chi connectivity index (χ0v) is 15.2. The van der Waals surface area contributed by atoms with Gasteiger partial charge in [-0.05, 0) is 37.8 Å². The quantitative estimate of drug-likeness (QED) is 0.749. The molecule has 1 N–H and O–H groups in total.